The number of guanidine groups is 1. The summed E-state index contributed by atoms with van der Waals surface area (Å²) in [5, 5.41) is 3.32. The molecule has 2 fully saturated rings. The topological polar surface area (TPSA) is 72.5 Å². The number of nitrogens with zero attached hydrogens (tertiary/aromatic N) is 2. The zero-order valence-corrected chi connectivity index (χ0v) is 13.1. The fourth-order valence-electron chi connectivity index (χ4n) is 2.76. The minimum absolute atomic E-state index is 0.494. The SMILES string of the molecule is NC(=NCc1ccc(OCC2CC2)nc1)NC1CCCCC1. The Morgan fingerprint density at radius 2 is 2.05 bits per heavy atom. The third kappa shape index (κ3) is 4.90. The molecule has 1 aromatic heterocycles. The van der Waals surface area contributed by atoms with Crippen LogP contribution in [0.1, 0.15) is 50.5 Å². The van der Waals surface area contributed by atoms with Crippen molar-refractivity contribution in [3.63, 3.8) is 0 Å². The van der Waals surface area contributed by atoms with Gasteiger partial charge in [-0.25, -0.2) is 9.98 Å². The Balaban J connectivity index is 1.43. The van der Waals surface area contributed by atoms with Crippen LogP contribution >= 0.6 is 0 Å². The van der Waals surface area contributed by atoms with Gasteiger partial charge >= 0.3 is 0 Å². The average molecular weight is 302 g/mol. The molecule has 5 nitrogen and oxygen atoms in total. The van der Waals surface area contributed by atoms with E-state index in [1.165, 1.54) is 44.9 Å². The summed E-state index contributed by atoms with van der Waals surface area (Å²) in [5.74, 6) is 1.99. The molecule has 0 spiro atoms. The van der Waals surface area contributed by atoms with E-state index in [2.05, 4.69) is 15.3 Å². The van der Waals surface area contributed by atoms with Crippen molar-refractivity contribution in [1.82, 2.24) is 10.3 Å². The molecule has 0 atom stereocenters. The minimum atomic E-state index is 0.494. The third-order valence-corrected chi connectivity index (χ3v) is 4.35. The zero-order chi connectivity index (χ0) is 15.2. The van der Waals surface area contributed by atoms with Crippen molar-refractivity contribution in [3.8, 4) is 5.88 Å². The smallest absolute Gasteiger partial charge is 0.213 e. The van der Waals surface area contributed by atoms with Gasteiger partial charge in [-0.3, -0.25) is 0 Å². The van der Waals surface area contributed by atoms with E-state index in [-0.39, 0.29) is 0 Å². The molecule has 3 rings (SSSR count). The molecule has 2 aliphatic rings. The highest BCUT2D eigenvalue weighted by molar-refractivity contribution is 5.78. The molecule has 22 heavy (non-hydrogen) atoms. The third-order valence-electron chi connectivity index (χ3n) is 4.35. The van der Waals surface area contributed by atoms with Crippen LogP contribution in [-0.2, 0) is 6.54 Å². The lowest BCUT2D eigenvalue weighted by molar-refractivity contribution is 0.288. The molecular weight excluding hydrogens is 276 g/mol. The molecule has 1 aromatic rings. The molecule has 0 radical (unpaired) electrons. The molecule has 0 aromatic carbocycles. The Morgan fingerprint density at radius 3 is 2.73 bits per heavy atom. The monoisotopic (exact) mass is 302 g/mol. The van der Waals surface area contributed by atoms with Crippen molar-refractivity contribution >= 4 is 5.96 Å². The normalized spacial score (nSPS) is 19.9. The first-order chi connectivity index (χ1) is 10.8. The van der Waals surface area contributed by atoms with Crippen molar-refractivity contribution in [3.05, 3.63) is 23.9 Å². The number of ether oxygens (including phenoxy) is 1. The van der Waals surface area contributed by atoms with Gasteiger partial charge in [-0.15, -0.1) is 0 Å². The maximum Gasteiger partial charge on any atom is 0.213 e. The number of hydrogen-bond donors (Lipinski definition) is 2. The van der Waals surface area contributed by atoms with Crippen molar-refractivity contribution in [1.29, 1.82) is 0 Å². The van der Waals surface area contributed by atoms with Crippen LogP contribution in [0.25, 0.3) is 0 Å². The van der Waals surface area contributed by atoms with Gasteiger partial charge in [0.1, 0.15) is 0 Å². The van der Waals surface area contributed by atoms with Gasteiger partial charge < -0.3 is 15.8 Å². The van der Waals surface area contributed by atoms with Crippen molar-refractivity contribution in [2.45, 2.75) is 57.5 Å². The van der Waals surface area contributed by atoms with Crippen LogP contribution in [0.2, 0.25) is 0 Å². The van der Waals surface area contributed by atoms with Crippen LogP contribution < -0.4 is 15.8 Å². The highest BCUT2D eigenvalue weighted by atomic mass is 16.5. The second kappa shape index (κ2) is 7.47. The lowest BCUT2D eigenvalue weighted by Gasteiger charge is -2.23. The Hall–Kier alpha value is -1.78. The molecule has 0 aliphatic heterocycles. The lowest BCUT2D eigenvalue weighted by Crippen LogP contribution is -2.41. The molecule has 0 amide bonds. The number of nitrogens with one attached hydrogen (secondary N) is 1. The quantitative estimate of drug-likeness (QED) is 0.626. The van der Waals surface area contributed by atoms with Crippen LogP contribution in [0, 0.1) is 5.92 Å². The summed E-state index contributed by atoms with van der Waals surface area (Å²) in [5.41, 5.74) is 7.01. The Labute approximate surface area is 132 Å². The Kier molecular flexibility index (Phi) is 5.14. The largest absolute Gasteiger partial charge is 0.477 e. The second-order valence-electron chi connectivity index (χ2n) is 6.44. The average Bonchev–Trinajstić information content (AvgIpc) is 3.37. The zero-order valence-electron chi connectivity index (χ0n) is 13.1. The Morgan fingerprint density at radius 1 is 1.23 bits per heavy atom. The fraction of sp³-hybridized carbons (Fsp3) is 0.647. The number of nitrogens with two attached hydrogens (primary N) is 1. The van der Waals surface area contributed by atoms with Crippen LogP contribution in [0.15, 0.2) is 23.3 Å². The van der Waals surface area contributed by atoms with E-state index in [1.807, 2.05) is 18.3 Å². The van der Waals surface area contributed by atoms with Gasteiger partial charge in [0.15, 0.2) is 5.96 Å². The lowest BCUT2D eigenvalue weighted by atomic mass is 9.96. The van der Waals surface area contributed by atoms with Gasteiger partial charge in [-0.05, 0) is 37.2 Å². The van der Waals surface area contributed by atoms with E-state index in [0.29, 0.717) is 24.4 Å². The molecule has 1 heterocycles. The van der Waals surface area contributed by atoms with Crippen LogP contribution in [0.3, 0.4) is 0 Å². The predicted molar refractivity (Wildman–Crippen MR) is 87.8 cm³/mol. The summed E-state index contributed by atoms with van der Waals surface area (Å²) in [6.45, 7) is 1.35. The van der Waals surface area contributed by atoms with Crippen molar-refractivity contribution in [2.75, 3.05) is 6.61 Å². The molecule has 2 saturated carbocycles. The van der Waals surface area contributed by atoms with Crippen molar-refractivity contribution in [2.24, 2.45) is 16.6 Å². The molecular formula is C17H26N4O. The predicted octanol–water partition coefficient (Wildman–Crippen LogP) is 2.61. The number of pyridine rings is 1. The number of aliphatic imine (C=N–C) groups is 1. The highest BCUT2D eigenvalue weighted by Gasteiger charge is 2.22. The van der Waals surface area contributed by atoms with E-state index < -0.39 is 0 Å². The van der Waals surface area contributed by atoms with E-state index in [4.69, 9.17) is 10.5 Å². The van der Waals surface area contributed by atoms with E-state index in [0.717, 1.165) is 18.1 Å². The summed E-state index contributed by atoms with van der Waals surface area (Å²) in [7, 11) is 0. The molecule has 0 unspecified atom stereocenters. The van der Waals surface area contributed by atoms with Gasteiger partial charge in [0.25, 0.3) is 0 Å². The Bertz CT molecular complexity index is 490. The van der Waals surface area contributed by atoms with Gasteiger partial charge in [-0.2, -0.15) is 0 Å². The fourth-order valence-corrected chi connectivity index (χ4v) is 2.76. The summed E-state index contributed by atoms with van der Waals surface area (Å²) < 4.78 is 5.63. The minimum Gasteiger partial charge on any atom is -0.477 e. The molecule has 5 heteroatoms. The molecule has 0 saturated heterocycles. The van der Waals surface area contributed by atoms with Gasteiger partial charge in [0.2, 0.25) is 5.88 Å². The summed E-state index contributed by atoms with van der Waals surface area (Å²) >= 11 is 0. The summed E-state index contributed by atoms with van der Waals surface area (Å²) in [6.07, 6.45) is 10.7. The van der Waals surface area contributed by atoms with Gasteiger partial charge in [0.05, 0.1) is 13.2 Å². The van der Waals surface area contributed by atoms with Crippen LogP contribution in [-0.4, -0.2) is 23.6 Å². The number of hydrogen-bond acceptors (Lipinski definition) is 3. The van der Waals surface area contributed by atoms with Gasteiger partial charge in [0, 0.05) is 18.3 Å². The first-order valence-electron chi connectivity index (χ1n) is 8.44. The number of aromatic nitrogens is 1. The maximum atomic E-state index is 5.96. The van der Waals surface area contributed by atoms with Crippen molar-refractivity contribution < 1.29 is 4.74 Å². The second-order valence-corrected chi connectivity index (χ2v) is 6.44. The van der Waals surface area contributed by atoms with E-state index in [1.54, 1.807) is 0 Å². The molecule has 120 valence electrons. The maximum absolute atomic E-state index is 5.96. The van der Waals surface area contributed by atoms with E-state index in [9.17, 15) is 0 Å². The summed E-state index contributed by atoms with van der Waals surface area (Å²) in [6, 6.07) is 4.42. The first kappa shape index (κ1) is 15.1. The first-order valence-corrected chi connectivity index (χ1v) is 8.44. The van der Waals surface area contributed by atoms with Gasteiger partial charge in [-0.1, -0.05) is 25.3 Å². The van der Waals surface area contributed by atoms with Crippen LogP contribution in [0.4, 0.5) is 0 Å². The molecule has 3 N–H and O–H groups in total. The van der Waals surface area contributed by atoms with Crippen LogP contribution in [0.5, 0.6) is 5.88 Å². The molecule has 0 bridgehead atoms. The number of rotatable bonds is 6. The summed E-state index contributed by atoms with van der Waals surface area (Å²) in [4.78, 5) is 8.72. The molecule has 2 aliphatic carbocycles. The standard InChI is InChI=1S/C17H26N4O/c18-17(21-15-4-2-1-3-5-15)20-11-14-8-9-16(19-10-14)22-12-13-6-7-13/h8-10,13,15H,1-7,11-12H2,(H3,18,20,21). The van der Waals surface area contributed by atoms with E-state index >= 15 is 0 Å². The highest BCUT2D eigenvalue weighted by Crippen LogP contribution is 2.29.